The first-order valence-electron chi connectivity index (χ1n) is 13.2. The average molecular weight is 485 g/mol. The van der Waals surface area contributed by atoms with Crippen molar-refractivity contribution in [2.45, 2.75) is 71.9 Å². The van der Waals surface area contributed by atoms with Crippen molar-refractivity contribution in [2.24, 2.45) is 0 Å². The van der Waals surface area contributed by atoms with Gasteiger partial charge in [-0.05, 0) is 54.0 Å². The molecule has 2 amide bonds. The molecule has 0 spiro atoms. The Morgan fingerprint density at radius 2 is 1.50 bits per heavy atom. The van der Waals surface area contributed by atoms with Gasteiger partial charge < -0.3 is 10.2 Å². The Bertz CT molecular complexity index is 1090. The molecule has 190 valence electrons. The van der Waals surface area contributed by atoms with Crippen molar-refractivity contribution < 1.29 is 9.59 Å². The highest BCUT2D eigenvalue weighted by Crippen LogP contribution is 2.19. The van der Waals surface area contributed by atoms with Crippen molar-refractivity contribution in [1.29, 1.82) is 0 Å². The molecule has 0 aromatic heterocycles. The Morgan fingerprint density at radius 3 is 2.17 bits per heavy atom. The number of aryl methyl sites for hydroxylation is 3. The molecule has 0 saturated carbocycles. The minimum absolute atomic E-state index is 0.00407. The van der Waals surface area contributed by atoms with Gasteiger partial charge in [-0.3, -0.25) is 9.59 Å². The molecule has 3 aromatic rings. The maximum atomic E-state index is 13.8. The minimum Gasteiger partial charge on any atom is -0.354 e. The van der Waals surface area contributed by atoms with E-state index in [-0.39, 0.29) is 11.8 Å². The molecule has 1 N–H and O–H groups in total. The van der Waals surface area contributed by atoms with Crippen molar-refractivity contribution in [3.05, 3.63) is 107 Å². The third-order valence-electron chi connectivity index (χ3n) is 6.76. The first-order valence-corrected chi connectivity index (χ1v) is 13.2. The lowest BCUT2D eigenvalue weighted by molar-refractivity contribution is -0.141. The first-order chi connectivity index (χ1) is 17.5. The number of rotatable bonds is 13. The standard InChI is InChI=1S/C32H40N2O2/c1-4-6-22-33-32(36)30(23-28-13-8-7-9-14-28)34(24-29-15-11-10-12-25(29)3)31(35)21-20-27-18-16-26(5-2)17-19-27/h7-19,30H,4-6,20-24H2,1-3H3,(H,33,36)/t30-/m1/s1. The highest BCUT2D eigenvalue weighted by Gasteiger charge is 2.30. The molecule has 0 radical (unpaired) electrons. The summed E-state index contributed by atoms with van der Waals surface area (Å²) in [6, 6.07) is 26.0. The van der Waals surface area contributed by atoms with Crippen LogP contribution in [0.1, 0.15) is 60.9 Å². The Morgan fingerprint density at radius 1 is 0.833 bits per heavy atom. The van der Waals surface area contributed by atoms with Gasteiger partial charge in [-0.25, -0.2) is 0 Å². The van der Waals surface area contributed by atoms with Crippen LogP contribution in [0.15, 0.2) is 78.9 Å². The molecule has 0 saturated heterocycles. The summed E-state index contributed by atoms with van der Waals surface area (Å²) in [6.45, 7) is 7.34. The summed E-state index contributed by atoms with van der Waals surface area (Å²) in [5, 5.41) is 3.09. The zero-order valence-electron chi connectivity index (χ0n) is 22.0. The van der Waals surface area contributed by atoms with E-state index in [0.29, 0.717) is 32.4 Å². The first kappa shape index (κ1) is 27.2. The Kier molecular flexibility index (Phi) is 10.7. The molecule has 0 heterocycles. The average Bonchev–Trinajstić information content (AvgIpc) is 2.91. The lowest BCUT2D eigenvalue weighted by Gasteiger charge is -2.32. The second-order valence-corrected chi connectivity index (χ2v) is 9.47. The van der Waals surface area contributed by atoms with Gasteiger partial charge in [0.25, 0.3) is 0 Å². The van der Waals surface area contributed by atoms with Gasteiger partial charge in [0.05, 0.1) is 0 Å². The number of carbonyl (C=O) groups is 2. The van der Waals surface area contributed by atoms with Crippen LogP contribution < -0.4 is 5.32 Å². The Hall–Kier alpha value is -3.40. The fourth-order valence-corrected chi connectivity index (χ4v) is 4.37. The largest absolute Gasteiger partial charge is 0.354 e. The quantitative estimate of drug-likeness (QED) is 0.300. The minimum atomic E-state index is -0.571. The summed E-state index contributed by atoms with van der Waals surface area (Å²) >= 11 is 0. The van der Waals surface area contributed by atoms with Gasteiger partial charge in [-0.15, -0.1) is 0 Å². The summed E-state index contributed by atoms with van der Waals surface area (Å²) in [7, 11) is 0. The van der Waals surface area contributed by atoms with Gasteiger partial charge in [-0.2, -0.15) is 0 Å². The van der Waals surface area contributed by atoms with Crippen LogP contribution in [0.3, 0.4) is 0 Å². The topological polar surface area (TPSA) is 49.4 Å². The molecular weight excluding hydrogens is 444 g/mol. The number of unbranched alkanes of at least 4 members (excludes halogenated alkanes) is 1. The van der Waals surface area contributed by atoms with Crippen molar-refractivity contribution in [3.8, 4) is 0 Å². The molecule has 0 bridgehead atoms. The van der Waals surface area contributed by atoms with Crippen LogP contribution in [0.5, 0.6) is 0 Å². The van der Waals surface area contributed by atoms with E-state index >= 15 is 0 Å². The highest BCUT2D eigenvalue weighted by molar-refractivity contribution is 5.88. The van der Waals surface area contributed by atoms with Crippen LogP contribution in [0, 0.1) is 6.92 Å². The normalized spacial score (nSPS) is 11.6. The molecule has 0 aliphatic rings. The zero-order chi connectivity index (χ0) is 25.8. The molecule has 36 heavy (non-hydrogen) atoms. The Labute approximate surface area is 216 Å². The van der Waals surface area contributed by atoms with Gasteiger partial charge in [-0.1, -0.05) is 99.1 Å². The number of hydrogen-bond donors (Lipinski definition) is 1. The third-order valence-corrected chi connectivity index (χ3v) is 6.76. The molecule has 0 fully saturated rings. The third kappa shape index (κ3) is 8.08. The number of nitrogens with zero attached hydrogens (tertiary/aromatic N) is 1. The van der Waals surface area contributed by atoms with E-state index in [1.807, 2.05) is 48.5 Å². The zero-order valence-corrected chi connectivity index (χ0v) is 22.0. The van der Waals surface area contributed by atoms with Crippen molar-refractivity contribution in [1.82, 2.24) is 10.2 Å². The molecule has 3 aromatic carbocycles. The second-order valence-electron chi connectivity index (χ2n) is 9.47. The van der Waals surface area contributed by atoms with E-state index < -0.39 is 6.04 Å². The molecule has 4 nitrogen and oxygen atoms in total. The van der Waals surface area contributed by atoms with Crippen LogP contribution in [-0.4, -0.2) is 29.3 Å². The van der Waals surface area contributed by atoms with Crippen LogP contribution in [0.2, 0.25) is 0 Å². The fraction of sp³-hybridized carbons (Fsp3) is 0.375. The second kappa shape index (κ2) is 14.2. The molecule has 4 heteroatoms. The molecular formula is C32H40N2O2. The lowest BCUT2D eigenvalue weighted by Crippen LogP contribution is -2.50. The van der Waals surface area contributed by atoms with Gasteiger partial charge in [0, 0.05) is 25.9 Å². The van der Waals surface area contributed by atoms with Crippen LogP contribution >= 0.6 is 0 Å². The summed E-state index contributed by atoms with van der Waals surface area (Å²) in [4.78, 5) is 29.1. The van der Waals surface area contributed by atoms with E-state index in [2.05, 4.69) is 56.4 Å². The van der Waals surface area contributed by atoms with Gasteiger partial charge in [0.2, 0.25) is 11.8 Å². The SMILES string of the molecule is CCCCNC(=O)[C@@H](Cc1ccccc1)N(Cc1ccccc1C)C(=O)CCc1ccc(CC)cc1. The summed E-state index contributed by atoms with van der Waals surface area (Å²) in [5.41, 5.74) is 5.67. The maximum Gasteiger partial charge on any atom is 0.243 e. The van der Waals surface area contributed by atoms with E-state index in [1.165, 1.54) is 5.56 Å². The van der Waals surface area contributed by atoms with Crippen molar-refractivity contribution in [3.63, 3.8) is 0 Å². The number of carbonyl (C=O) groups excluding carboxylic acids is 2. The van der Waals surface area contributed by atoms with E-state index in [9.17, 15) is 9.59 Å². The molecule has 0 unspecified atom stereocenters. The van der Waals surface area contributed by atoms with E-state index in [0.717, 1.165) is 41.5 Å². The number of nitrogens with one attached hydrogen (secondary N) is 1. The maximum absolute atomic E-state index is 13.8. The van der Waals surface area contributed by atoms with Crippen molar-refractivity contribution in [2.75, 3.05) is 6.54 Å². The monoisotopic (exact) mass is 484 g/mol. The summed E-state index contributed by atoms with van der Waals surface area (Å²) in [6.07, 6.45) is 4.43. The molecule has 0 aliphatic carbocycles. The van der Waals surface area contributed by atoms with Crippen molar-refractivity contribution >= 4 is 11.8 Å². The van der Waals surface area contributed by atoms with Gasteiger partial charge in [0.1, 0.15) is 6.04 Å². The smallest absolute Gasteiger partial charge is 0.243 e. The van der Waals surface area contributed by atoms with Gasteiger partial charge in [0.15, 0.2) is 0 Å². The number of benzene rings is 3. The van der Waals surface area contributed by atoms with Crippen LogP contribution in [0.4, 0.5) is 0 Å². The molecule has 0 aliphatic heterocycles. The number of amides is 2. The predicted molar refractivity (Wildman–Crippen MR) is 148 cm³/mol. The van der Waals surface area contributed by atoms with Gasteiger partial charge >= 0.3 is 0 Å². The number of hydrogen-bond acceptors (Lipinski definition) is 2. The van der Waals surface area contributed by atoms with Crippen LogP contribution in [0.25, 0.3) is 0 Å². The lowest BCUT2D eigenvalue weighted by atomic mass is 10.00. The fourth-order valence-electron chi connectivity index (χ4n) is 4.37. The van der Waals surface area contributed by atoms with E-state index in [4.69, 9.17) is 0 Å². The summed E-state index contributed by atoms with van der Waals surface area (Å²) < 4.78 is 0. The Balaban J connectivity index is 1.87. The molecule has 1 atom stereocenters. The van der Waals surface area contributed by atoms with Crippen LogP contribution in [-0.2, 0) is 35.4 Å². The molecule has 3 rings (SSSR count). The predicted octanol–water partition coefficient (Wildman–Crippen LogP) is 6.05. The van der Waals surface area contributed by atoms with E-state index in [1.54, 1.807) is 4.90 Å². The summed E-state index contributed by atoms with van der Waals surface area (Å²) in [5.74, 6) is -0.0778. The highest BCUT2D eigenvalue weighted by atomic mass is 16.2.